The van der Waals surface area contributed by atoms with Crippen LogP contribution >= 0.6 is 0 Å². The van der Waals surface area contributed by atoms with E-state index < -0.39 is 0 Å². The van der Waals surface area contributed by atoms with Crippen molar-refractivity contribution >= 4 is 5.91 Å². The topological polar surface area (TPSA) is 46.1 Å². The molecule has 1 amide bonds. The maximum Gasteiger partial charge on any atom is 0.223 e. The Morgan fingerprint density at radius 1 is 1.43 bits per heavy atom. The molecule has 0 bridgehead atoms. The van der Waals surface area contributed by atoms with E-state index in [1.54, 1.807) is 6.20 Å². The van der Waals surface area contributed by atoms with E-state index in [4.69, 9.17) is 0 Å². The van der Waals surface area contributed by atoms with Crippen LogP contribution in [0.15, 0.2) is 12.3 Å². The highest BCUT2D eigenvalue weighted by Crippen LogP contribution is 2.59. The molecule has 1 saturated heterocycles. The molecular weight excluding hydrogens is 262 g/mol. The van der Waals surface area contributed by atoms with Crippen molar-refractivity contribution in [2.45, 2.75) is 57.9 Å². The number of aromatic nitrogens is 2. The zero-order valence-corrected chi connectivity index (χ0v) is 12.7. The van der Waals surface area contributed by atoms with Crippen molar-refractivity contribution in [3.63, 3.8) is 0 Å². The smallest absolute Gasteiger partial charge is 0.223 e. The molecule has 2 aliphatic carbocycles. The minimum Gasteiger partial charge on any atom is -0.338 e. The fourth-order valence-electron chi connectivity index (χ4n) is 4.27. The number of carbonyl (C=O) groups excluding carboxylic acids is 1. The minimum absolute atomic E-state index is 0.334. The molecule has 0 N–H and O–H groups in total. The molecule has 0 aromatic carbocycles. The molecule has 4 rings (SSSR count). The summed E-state index contributed by atoms with van der Waals surface area (Å²) >= 11 is 0. The SMILES string of the molecule is Cc1nccc(CCC(=O)N2CC3(CCC3)C2C2CC2)n1. The molecule has 1 spiro atoms. The summed E-state index contributed by atoms with van der Waals surface area (Å²) in [6.07, 6.45) is 9.85. The lowest BCUT2D eigenvalue weighted by atomic mass is 9.56. The zero-order valence-electron chi connectivity index (χ0n) is 12.7. The number of nitrogens with zero attached hydrogens (tertiary/aromatic N) is 3. The predicted molar refractivity (Wildman–Crippen MR) is 79.6 cm³/mol. The molecule has 0 radical (unpaired) electrons. The van der Waals surface area contributed by atoms with Gasteiger partial charge in [0.25, 0.3) is 0 Å². The van der Waals surface area contributed by atoms with Crippen LogP contribution in [0.1, 0.15) is 50.0 Å². The number of likely N-dealkylation sites (tertiary alicyclic amines) is 1. The van der Waals surface area contributed by atoms with Gasteiger partial charge in [0.1, 0.15) is 5.82 Å². The van der Waals surface area contributed by atoms with Gasteiger partial charge in [-0.2, -0.15) is 0 Å². The summed E-state index contributed by atoms with van der Waals surface area (Å²) in [4.78, 5) is 23.2. The van der Waals surface area contributed by atoms with Crippen molar-refractivity contribution < 1.29 is 4.79 Å². The van der Waals surface area contributed by atoms with E-state index in [1.165, 1.54) is 32.1 Å². The summed E-state index contributed by atoms with van der Waals surface area (Å²) in [5, 5.41) is 0. The van der Waals surface area contributed by atoms with Gasteiger partial charge in [-0.15, -0.1) is 0 Å². The monoisotopic (exact) mass is 285 g/mol. The Morgan fingerprint density at radius 3 is 2.86 bits per heavy atom. The van der Waals surface area contributed by atoms with Crippen molar-refractivity contribution in [2.24, 2.45) is 11.3 Å². The van der Waals surface area contributed by atoms with E-state index in [2.05, 4.69) is 14.9 Å². The van der Waals surface area contributed by atoms with Crippen LogP contribution in [-0.4, -0.2) is 33.4 Å². The average Bonchev–Trinajstić information content (AvgIpc) is 3.18. The van der Waals surface area contributed by atoms with E-state index in [0.29, 0.717) is 23.8 Å². The van der Waals surface area contributed by atoms with Crippen LogP contribution in [0.25, 0.3) is 0 Å². The lowest BCUT2D eigenvalue weighted by Gasteiger charge is -2.63. The van der Waals surface area contributed by atoms with Crippen LogP contribution in [0, 0.1) is 18.3 Å². The fraction of sp³-hybridized carbons (Fsp3) is 0.706. The van der Waals surface area contributed by atoms with Gasteiger partial charge in [0, 0.05) is 36.3 Å². The molecule has 4 nitrogen and oxygen atoms in total. The number of aryl methyl sites for hydroxylation is 2. The Bertz CT molecular complexity index is 563. The lowest BCUT2D eigenvalue weighted by Crippen LogP contribution is -2.69. The van der Waals surface area contributed by atoms with Gasteiger partial charge in [-0.1, -0.05) is 6.42 Å². The van der Waals surface area contributed by atoms with E-state index in [-0.39, 0.29) is 0 Å². The van der Waals surface area contributed by atoms with Gasteiger partial charge in [0.15, 0.2) is 0 Å². The molecular formula is C17H23N3O. The van der Waals surface area contributed by atoms with Crippen LogP contribution in [0.5, 0.6) is 0 Å². The van der Waals surface area contributed by atoms with Gasteiger partial charge in [-0.25, -0.2) is 9.97 Å². The van der Waals surface area contributed by atoms with Crippen LogP contribution in [0.4, 0.5) is 0 Å². The number of carbonyl (C=O) groups is 1. The molecule has 1 unspecified atom stereocenters. The second kappa shape index (κ2) is 4.79. The zero-order chi connectivity index (χ0) is 14.4. The number of rotatable bonds is 4. The van der Waals surface area contributed by atoms with Crippen molar-refractivity contribution in [1.82, 2.24) is 14.9 Å². The quantitative estimate of drug-likeness (QED) is 0.854. The number of hydrogen-bond donors (Lipinski definition) is 0. The van der Waals surface area contributed by atoms with Crippen molar-refractivity contribution in [3.05, 3.63) is 23.8 Å². The molecule has 4 heteroatoms. The average molecular weight is 285 g/mol. The first-order chi connectivity index (χ1) is 10.2. The van der Waals surface area contributed by atoms with Gasteiger partial charge in [0.05, 0.1) is 0 Å². The Labute approximate surface area is 126 Å². The normalized spacial score (nSPS) is 26.3. The Hall–Kier alpha value is -1.45. The number of hydrogen-bond acceptors (Lipinski definition) is 3. The molecule has 3 fully saturated rings. The molecule has 3 aliphatic rings. The largest absolute Gasteiger partial charge is 0.338 e. The summed E-state index contributed by atoms with van der Waals surface area (Å²) in [5.74, 6) is 1.93. The standard InChI is InChI=1S/C17H23N3O/c1-12-18-10-7-14(19-12)5-6-15(21)20-11-17(8-2-9-17)16(20)13-3-4-13/h7,10,13,16H,2-6,8-9,11H2,1H3. The first kappa shape index (κ1) is 13.2. The molecule has 1 aromatic heterocycles. The van der Waals surface area contributed by atoms with Gasteiger partial charge in [-0.3, -0.25) is 4.79 Å². The van der Waals surface area contributed by atoms with Crippen molar-refractivity contribution in [1.29, 1.82) is 0 Å². The van der Waals surface area contributed by atoms with Gasteiger partial charge in [-0.05, 0) is 51.0 Å². The molecule has 112 valence electrons. The first-order valence-electron chi connectivity index (χ1n) is 8.26. The van der Waals surface area contributed by atoms with E-state index in [9.17, 15) is 4.79 Å². The van der Waals surface area contributed by atoms with E-state index in [0.717, 1.165) is 30.4 Å². The van der Waals surface area contributed by atoms with E-state index >= 15 is 0 Å². The van der Waals surface area contributed by atoms with Crippen LogP contribution < -0.4 is 0 Å². The van der Waals surface area contributed by atoms with Crippen LogP contribution in [-0.2, 0) is 11.2 Å². The maximum absolute atomic E-state index is 12.5. The Morgan fingerprint density at radius 2 is 2.24 bits per heavy atom. The molecule has 1 aromatic rings. The number of amides is 1. The minimum atomic E-state index is 0.334. The third-order valence-electron chi connectivity index (χ3n) is 5.62. The highest BCUT2D eigenvalue weighted by molar-refractivity contribution is 5.78. The summed E-state index contributed by atoms with van der Waals surface area (Å²) in [5.41, 5.74) is 1.51. The maximum atomic E-state index is 12.5. The highest BCUT2D eigenvalue weighted by atomic mass is 16.2. The molecule has 21 heavy (non-hydrogen) atoms. The Balaban J connectivity index is 1.37. The summed E-state index contributed by atoms with van der Waals surface area (Å²) in [7, 11) is 0. The highest BCUT2D eigenvalue weighted by Gasteiger charge is 2.61. The summed E-state index contributed by atoms with van der Waals surface area (Å²) in [6, 6.07) is 2.49. The second-order valence-corrected chi connectivity index (χ2v) is 7.12. The Kier molecular flexibility index (Phi) is 3.02. The summed E-state index contributed by atoms with van der Waals surface area (Å²) in [6.45, 7) is 2.92. The molecule has 2 saturated carbocycles. The fourth-order valence-corrected chi connectivity index (χ4v) is 4.27. The second-order valence-electron chi connectivity index (χ2n) is 7.12. The van der Waals surface area contributed by atoms with Gasteiger partial charge in [0.2, 0.25) is 5.91 Å². The summed E-state index contributed by atoms with van der Waals surface area (Å²) < 4.78 is 0. The molecule has 2 heterocycles. The van der Waals surface area contributed by atoms with Gasteiger partial charge < -0.3 is 4.90 Å². The third kappa shape index (κ3) is 2.25. The van der Waals surface area contributed by atoms with Crippen LogP contribution in [0.2, 0.25) is 0 Å². The first-order valence-corrected chi connectivity index (χ1v) is 8.26. The predicted octanol–water partition coefficient (Wildman–Crippen LogP) is 2.51. The van der Waals surface area contributed by atoms with Crippen molar-refractivity contribution in [3.8, 4) is 0 Å². The van der Waals surface area contributed by atoms with E-state index in [1.807, 2.05) is 13.0 Å². The lowest BCUT2D eigenvalue weighted by molar-refractivity contribution is -0.171. The van der Waals surface area contributed by atoms with Crippen molar-refractivity contribution in [2.75, 3.05) is 6.54 Å². The molecule has 1 atom stereocenters. The van der Waals surface area contributed by atoms with Crippen LogP contribution in [0.3, 0.4) is 0 Å². The molecule has 1 aliphatic heterocycles. The van der Waals surface area contributed by atoms with Gasteiger partial charge >= 0.3 is 0 Å². The third-order valence-corrected chi connectivity index (χ3v) is 5.62.